The van der Waals surface area contributed by atoms with Gasteiger partial charge in [-0.2, -0.15) is 0 Å². The molecule has 0 N–H and O–H groups in total. The van der Waals surface area contributed by atoms with E-state index in [-0.39, 0.29) is 5.91 Å². The number of likely N-dealkylation sites (tertiary alicyclic amines) is 2. The minimum atomic E-state index is -0.512. The first kappa shape index (κ1) is 18.3. The Morgan fingerprint density at radius 1 is 1.16 bits per heavy atom. The van der Waals surface area contributed by atoms with Crippen molar-refractivity contribution in [3.05, 3.63) is 35.4 Å². The van der Waals surface area contributed by atoms with Gasteiger partial charge in [0.1, 0.15) is 11.6 Å². The van der Waals surface area contributed by atoms with Gasteiger partial charge in [-0.25, -0.2) is 8.78 Å². The molecule has 3 nitrogen and oxygen atoms in total. The van der Waals surface area contributed by atoms with Crippen LogP contribution in [0.15, 0.2) is 18.2 Å². The van der Waals surface area contributed by atoms with E-state index in [9.17, 15) is 13.6 Å². The molecule has 2 aliphatic rings. The predicted octanol–water partition coefficient (Wildman–Crippen LogP) is 3.62. The van der Waals surface area contributed by atoms with Gasteiger partial charge in [0.05, 0.1) is 0 Å². The summed E-state index contributed by atoms with van der Waals surface area (Å²) in [6.45, 7) is 5.56. The molecule has 25 heavy (non-hydrogen) atoms. The van der Waals surface area contributed by atoms with Crippen molar-refractivity contribution in [2.24, 2.45) is 5.92 Å². The third-order valence-corrected chi connectivity index (χ3v) is 5.81. The summed E-state index contributed by atoms with van der Waals surface area (Å²) in [7, 11) is 0. The van der Waals surface area contributed by atoms with E-state index in [2.05, 4.69) is 4.90 Å². The molecule has 1 aromatic rings. The molecule has 0 saturated carbocycles. The largest absolute Gasteiger partial charge is 0.343 e. The second kappa shape index (κ2) is 8.26. The highest BCUT2D eigenvalue weighted by molar-refractivity contribution is 5.73. The van der Waals surface area contributed by atoms with Gasteiger partial charge >= 0.3 is 0 Å². The summed E-state index contributed by atoms with van der Waals surface area (Å²) in [6, 6.07) is 4.46. The molecule has 1 amide bonds. The lowest BCUT2D eigenvalue weighted by Crippen LogP contribution is -2.49. The van der Waals surface area contributed by atoms with Crippen LogP contribution in [0.25, 0.3) is 0 Å². The Morgan fingerprint density at radius 3 is 2.60 bits per heavy atom. The van der Waals surface area contributed by atoms with E-state index in [4.69, 9.17) is 0 Å². The standard InChI is InChI=1S/C20H28F2N2O/c1-15(25)23-11-8-19(9-12-23)24-10-2-3-16(14-24)4-5-17-6-7-18(21)13-20(17)22/h6-7,13,16,19H,2-5,8-12,14H2,1H3/t16-/m0/s1. The van der Waals surface area contributed by atoms with Crippen LogP contribution < -0.4 is 0 Å². The van der Waals surface area contributed by atoms with E-state index in [1.54, 1.807) is 13.0 Å². The monoisotopic (exact) mass is 350 g/mol. The van der Waals surface area contributed by atoms with Crippen molar-refractivity contribution in [1.82, 2.24) is 9.80 Å². The second-order valence-corrected chi connectivity index (χ2v) is 7.51. The molecule has 138 valence electrons. The van der Waals surface area contributed by atoms with Crippen LogP contribution in [0.1, 0.15) is 44.6 Å². The molecular formula is C20H28F2N2O. The maximum Gasteiger partial charge on any atom is 0.219 e. The molecule has 2 fully saturated rings. The molecule has 0 unspecified atom stereocenters. The van der Waals surface area contributed by atoms with Gasteiger partial charge in [0.15, 0.2) is 0 Å². The van der Waals surface area contributed by atoms with Crippen LogP contribution in [0.4, 0.5) is 8.78 Å². The highest BCUT2D eigenvalue weighted by Crippen LogP contribution is 2.27. The highest BCUT2D eigenvalue weighted by atomic mass is 19.1. The van der Waals surface area contributed by atoms with Crippen LogP contribution >= 0.6 is 0 Å². The van der Waals surface area contributed by atoms with Gasteiger partial charge in [0.2, 0.25) is 5.91 Å². The molecule has 5 heteroatoms. The summed E-state index contributed by atoms with van der Waals surface area (Å²) < 4.78 is 26.8. The Balaban J connectivity index is 1.49. The van der Waals surface area contributed by atoms with Crippen molar-refractivity contribution in [2.75, 3.05) is 26.2 Å². The van der Waals surface area contributed by atoms with Crippen molar-refractivity contribution in [2.45, 2.75) is 51.5 Å². The number of hydrogen-bond donors (Lipinski definition) is 0. The fraction of sp³-hybridized carbons (Fsp3) is 0.650. The van der Waals surface area contributed by atoms with Gasteiger partial charge in [-0.05, 0) is 62.6 Å². The predicted molar refractivity (Wildman–Crippen MR) is 94.3 cm³/mol. The first-order valence-electron chi connectivity index (χ1n) is 9.46. The first-order valence-corrected chi connectivity index (χ1v) is 9.46. The number of carbonyl (C=O) groups is 1. The number of amides is 1. The van der Waals surface area contributed by atoms with Crippen molar-refractivity contribution < 1.29 is 13.6 Å². The normalized spacial score (nSPS) is 23.0. The van der Waals surface area contributed by atoms with Crippen LogP contribution in [0, 0.1) is 17.6 Å². The lowest BCUT2D eigenvalue weighted by molar-refractivity contribution is -0.130. The smallest absolute Gasteiger partial charge is 0.219 e. The number of piperidine rings is 2. The van der Waals surface area contributed by atoms with Crippen LogP contribution in [0.5, 0.6) is 0 Å². The summed E-state index contributed by atoms with van der Waals surface area (Å²) in [5.41, 5.74) is 0.619. The summed E-state index contributed by atoms with van der Waals surface area (Å²) in [6.07, 6.45) is 6.10. The van der Waals surface area contributed by atoms with E-state index >= 15 is 0 Å². The van der Waals surface area contributed by atoms with Gasteiger partial charge in [0.25, 0.3) is 0 Å². The quantitative estimate of drug-likeness (QED) is 0.828. The summed E-state index contributed by atoms with van der Waals surface area (Å²) in [5.74, 6) is -0.188. The maximum absolute atomic E-state index is 13.8. The van der Waals surface area contributed by atoms with E-state index in [0.29, 0.717) is 23.9 Å². The minimum Gasteiger partial charge on any atom is -0.343 e. The molecule has 3 rings (SSSR count). The Morgan fingerprint density at radius 2 is 1.92 bits per heavy atom. The Kier molecular flexibility index (Phi) is 6.05. The molecule has 0 radical (unpaired) electrons. The molecule has 0 aromatic heterocycles. The topological polar surface area (TPSA) is 23.6 Å². The van der Waals surface area contributed by atoms with E-state index < -0.39 is 11.6 Å². The number of hydrogen-bond acceptors (Lipinski definition) is 2. The molecular weight excluding hydrogens is 322 g/mol. The van der Waals surface area contributed by atoms with Crippen LogP contribution in [0.2, 0.25) is 0 Å². The van der Waals surface area contributed by atoms with Crippen molar-refractivity contribution in [3.63, 3.8) is 0 Å². The lowest BCUT2D eigenvalue weighted by Gasteiger charge is -2.42. The number of halogens is 2. The first-order chi connectivity index (χ1) is 12.0. The highest BCUT2D eigenvalue weighted by Gasteiger charge is 2.29. The van der Waals surface area contributed by atoms with Crippen LogP contribution in [-0.2, 0) is 11.2 Å². The second-order valence-electron chi connectivity index (χ2n) is 7.51. The van der Waals surface area contributed by atoms with Gasteiger partial charge in [-0.15, -0.1) is 0 Å². The fourth-order valence-corrected chi connectivity index (χ4v) is 4.29. The Bertz CT molecular complexity index is 599. The Hall–Kier alpha value is -1.49. The van der Waals surface area contributed by atoms with E-state index in [1.807, 2.05) is 4.90 Å². The van der Waals surface area contributed by atoms with Crippen molar-refractivity contribution in [3.8, 4) is 0 Å². The summed E-state index contributed by atoms with van der Waals surface area (Å²) >= 11 is 0. The zero-order chi connectivity index (χ0) is 17.8. The molecule has 0 spiro atoms. The van der Waals surface area contributed by atoms with Crippen molar-refractivity contribution in [1.29, 1.82) is 0 Å². The molecule has 1 aromatic carbocycles. The van der Waals surface area contributed by atoms with Gasteiger partial charge in [0, 0.05) is 38.7 Å². The van der Waals surface area contributed by atoms with Gasteiger partial charge in [-0.3, -0.25) is 9.69 Å². The molecule has 0 bridgehead atoms. The zero-order valence-corrected chi connectivity index (χ0v) is 15.0. The average Bonchev–Trinajstić information content (AvgIpc) is 2.61. The molecule has 0 aliphatic carbocycles. The Labute approximate surface area is 149 Å². The molecule has 2 aliphatic heterocycles. The average molecular weight is 350 g/mol. The number of rotatable bonds is 4. The minimum absolute atomic E-state index is 0.177. The van der Waals surface area contributed by atoms with Crippen molar-refractivity contribution >= 4 is 5.91 Å². The number of benzene rings is 1. The van der Waals surface area contributed by atoms with E-state index in [1.165, 1.54) is 18.9 Å². The number of aryl methyl sites for hydroxylation is 1. The van der Waals surface area contributed by atoms with E-state index in [0.717, 1.165) is 51.5 Å². The van der Waals surface area contributed by atoms with Crippen LogP contribution in [-0.4, -0.2) is 47.9 Å². The molecule has 2 heterocycles. The SMILES string of the molecule is CC(=O)N1CCC(N2CCC[C@@H](CCc3ccc(F)cc3F)C2)CC1. The summed E-state index contributed by atoms with van der Waals surface area (Å²) in [5, 5.41) is 0. The van der Waals surface area contributed by atoms with Crippen LogP contribution in [0.3, 0.4) is 0 Å². The maximum atomic E-state index is 13.8. The van der Waals surface area contributed by atoms with Gasteiger partial charge in [-0.1, -0.05) is 6.07 Å². The molecule has 1 atom stereocenters. The third kappa shape index (κ3) is 4.78. The van der Waals surface area contributed by atoms with Gasteiger partial charge < -0.3 is 4.90 Å². The lowest BCUT2D eigenvalue weighted by atomic mass is 9.89. The third-order valence-electron chi connectivity index (χ3n) is 5.81. The molecule has 2 saturated heterocycles. The summed E-state index contributed by atoms with van der Waals surface area (Å²) in [4.78, 5) is 16.0. The fourth-order valence-electron chi connectivity index (χ4n) is 4.29. The number of nitrogens with zero attached hydrogens (tertiary/aromatic N) is 2. The number of carbonyl (C=O) groups excluding carboxylic acids is 1. The zero-order valence-electron chi connectivity index (χ0n) is 15.0.